The summed E-state index contributed by atoms with van der Waals surface area (Å²) < 4.78 is 0. The van der Waals surface area contributed by atoms with Gasteiger partial charge >= 0.3 is 0 Å². The molecule has 0 amide bonds. The van der Waals surface area contributed by atoms with Crippen molar-refractivity contribution in [1.82, 2.24) is 5.32 Å². The van der Waals surface area contributed by atoms with Crippen LogP contribution in [0.4, 0.5) is 0 Å². The molecule has 1 atom stereocenters. The van der Waals surface area contributed by atoms with Gasteiger partial charge in [-0.25, -0.2) is 0 Å². The number of hydrogen-bond donors (Lipinski definition) is 1. The lowest BCUT2D eigenvalue weighted by molar-refractivity contribution is 0.631. The van der Waals surface area contributed by atoms with Crippen LogP contribution in [0.5, 0.6) is 0 Å². The fourth-order valence-corrected chi connectivity index (χ4v) is 2.91. The van der Waals surface area contributed by atoms with Crippen molar-refractivity contribution in [3.05, 3.63) is 76.8 Å². The number of nitrogens with one attached hydrogen (secondary N) is 1. The van der Waals surface area contributed by atoms with Crippen LogP contribution in [0.2, 0.25) is 0 Å². The molecule has 4 rings (SSSR count). The molecule has 1 nitrogen and oxygen atoms in total. The van der Waals surface area contributed by atoms with E-state index in [1.807, 2.05) is 0 Å². The molecule has 2 aliphatic heterocycles. The van der Waals surface area contributed by atoms with E-state index in [0.717, 1.165) is 6.42 Å². The lowest BCUT2D eigenvalue weighted by atomic mass is 9.94. The van der Waals surface area contributed by atoms with E-state index in [1.54, 1.807) is 0 Å². The normalized spacial score (nSPS) is 21.6. The molecule has 0 aliphatic carbocycles. The fourth-order valence-electron chi connectivity index (χ4n) is 2.91. The molecule has 2 bridgehead atoms. The van der Waals surface area contributed by atoms with Crippen LogP contribution in [-0.4, -0.2) is 0 Å². The van der Waals surface area contributed by atoms with Crippen molar-refractivity contribution in [3.8, 4) is 0 Å². The Labute approximate surface area is 95.1 Å². The largest absolute Gasteiger partial charge is 0.294 e. The Morgan fingerprint density at radius 1 is 0.875 bits per heavy atom. The molecule has 2 aromatic rings. The van der Waals surface area contributed by atoms with Gasteiger partial charge in [0.1, 0.15) is 0 Å². The topological polar surface area (TPSA) is 12.0 Å². The smallest absolute Gasteiger partial charge is 0.0716 e. The maximum absolute atomic E-state index is 3.63. The Hall–Kier alpha value is -1.60. The zero-order chi connectivity index (χ0) is 10.5. The van der Waals surface area contributed by atoms with Gasteiger partial charge in [-0.2, -0.15) is 0 Å². The van der Waals surface area contributed by atoms with Crippen molar-refractivity contribution in [1.29, 1.82) is 0 Å². The lowest BCUT2D eigenvalue weighted by Crippen LogP contribution is -2.27. The lowest BCUT2D eigenvalue weighted by Gasteiger charge is -2.24. The van der Waals surface area contributed by atoms with Gasteiger partial charge < -0.3 is 0 Å². The molecule has 2 heterocycles. The summed E-state index contributed by atoms with van der Waals surface area (Å²) in [5.41, 5.74) is 5.75. The Morgan fingerprint density at radius 3 is 2.56 bits per heavy atom. The average Bonchev–Trinajstić information content (AvgIpc) is 2.65. The molecule has 1 radical (unpaired) electrons. The predicted molar refractivity (Wildman–Crippen MR) is 63.9 cm³/mol. The predicted octanol–water partition coefficient (Wildman–Crippen LogP) is 2.82. The van der Waals surface area contributed by atoms with Gasteiger partial charge in [-0.1, -0.05) is 48.5 Å². The first-order chi connectivity index (χ1) is 7.93. The molecule has 0 fully saturated rings. The molecule has 16 heavy (non-hydrogen) atoms. The van der Waals surface area contributed by atoms with Gasteiger partial charge in [0.15, 0.2) is 0 Å². The van der Waals surface area contributed by atoms with E-state index in [4.69, 9.17) is 0 Å². The standard InChI is InChI=1S/C15H12N/c1-2-6-11-10(5-1)9-14-12-7-3-4-8-13(12)15(11)16-14/h1-8,15-16H,9H2. The minimum absolute atomic E-state index is 0.385. The highest BCUT2D eigenvalue weighted by molar-refractivity contribution is 5.56. The van der Waals surface area contributed by atoms with Crippen LogP contribution >= 0.6 is 0 Å². The van der Waals surface area contributed by atoms with E-state index < -0.39 is 0 Å². The monoisotopic (exact) mass is 206 g/mol. The second kappa shape index (κ2) is 2.96. The van der Waals surface area contributed by atoms with Crippen molar-refractivity contribution in [2.24, 2.45) is 0 Å². The van der Waals surface area contributed by atoms with E-state index in [0.29, 0.717) is 6.04 Å². The second-order valence-electron chi connectivity index (χ2n) is 4.52. The highest BCUT2D eigenvalue weighted by Crippen LogP contribution is 2.43. The van der Waals surface area contributed by atoms with Crippen molar-refractivity contribution in [2.75, 3.05) is 0 Å². The first kappa shape index (κ1) is 8.54. The number of fused-ring (bicyclic) bond motifs is 7. The summed E-state index contributed by atoms with van der Waals surface area (Å²) in [7, 11) is 0. The van der Waals surface area contributed by atoms with Gasteiger partial charge in [-0.3, -0.25) is 5.32 Å². The third-order valence-electron chi connectivity index (χ3n) is 3.65. The summed E-state index contributed by atoms with van der Waals surface area (Å²) in [5, 5.41) is 3.63. The molecule has 1 heteroatoms. The van der Waals surface area contributed by atoms with Crippen molar-refractivity contribution in [2.45, 2.75) is 12.5 Å². The summed E-state index contributed by atoms with van der Waals surface area (Å²) in [6.45, 7) is 0. The maximum atomic E-state index is 3.63. The molecule has 1 unspecified atom stereocenters. The Morgan fingerprint density at radius 2 is 1.62 bits per heavy atom. The summed E-state index contributed by atoms with van der Waals surface area (Å²) in [4.78, 5) is 0. The summed E-state index contributed by atoms with van der Waals surface area (Å²) in [6, 6.07) is 19.2. The molecule has 77 valence electrons. The van der Waals surface area contributed by atoms with Gasteiger partial charge in [-0.05, 0) is 28.7 Å². The van der Waals surface area contributed by atoms with Gasteiger partial charge in [0.25, 0.3) is 0 Å². The quantitative estimate of drug-likeness (QED) is 0.699. The molecule has 0 saturated heterocycles. The highest BCUT2D eigenvalue weighted by atomic mass is 15.0. The Kier molecular flexibility index (Phi) is 1.58. The van der Waals surface area contributed by atoms with Crippen LogP contribution in [0.25, 0.3) is 0 Å². The van der Waals surface area contributed by atoms with Crippen molar-refractivity contribution >= 4 is 0 Å². The number of hydrogen-bond acceptors (Lipinski definition) is 1. The van der Waals surface area contributed by atoms with Crippen LogP contribution in [0, 0.1) is 6.04 Å². The number of rotatable bonds is 0. The van der Waals surface area contributed by atoms with E-state index in [-0.39, 0.29) is 0 Å². The van der Waals surface area contributed by atoms with Crippen LogP contribution < -0.4 is 5.32 Å². The first-order valence-corrected chi connectivity index (χ1v) is 5.73. The third kappa shape index (κ3) is 0.987. The molecule has 2 aromatic carbocycles. The van der Waals surface area contributed by atoms with E-state index in [9.17, 15) is 0 Å². The molecule has 0 spiro atoms. The van der Waals surface area contributed by atoms with Crippen molar-refractivity contribution in [3.63, 3.8) is 0 Å². The molecule has 2 aliphatic rings. The summed E-state index contributed by atoms with van der Waals surface area (Å²) >= 11 is 0. The maximum Gasteiger partial charge on any atom is 0.0716 e. The SMILES string of the molecule is c1ccc2c(c1)C[C]1NC2c2ccccc21. The molecule has 1 N–H and O–H groups in total. The zero-order valence-corrected chi connectivity index (χ0v) is 8.90. The molecular formula is C15H12N. The summed E-state index contributed by atoms with van der Waals surface area (Å²) in [6.07, 6.45) is 1.05. The van der Waals surface area contributed by atoms with Gasteiger partial charge in [0, 0.05) is 0 Å². The van der Waals surface area contributed by atoms with Crippen LogP contribution in [-0.2, 0) is 6.42 Å². The molecular weight excluding hydrogens is 194 g/mol. The minimum atomic E-state index is 0.385. The van der Waals surface area contributed by atoms with E-state index in [2.05, 4.69) is 53.8 Å². The zero-order valence-electron chi connectivity index (χ0n) is 8.90. The Bertz CT molecular complexity index is 548. The van der Waals surface area contributed by atoms with Gasteiger partial charge in [0.2, 0.25) is 0 Å². The highest BCUT2D eigenvalue weighted by Gasteiger charge is 2.36. The average molecular weight is 206 g/mol. The van der Waals surface area contributed by atoms with E-state index >= 15 is 0 Å². The van der Waals surface area contributed by atoms with E-state index in [1.165, 1.54) is 28.3 Å². The number of benzene rings is 2. The van der Waals surface area contributed by atoms with Gasteiger partial charge in [-0.15, -0.1) is 0 Å². The van der Waals surface area contributed by atoms with Crippen LogP contribution in [0.1, 0.15) is 28.3 Å². The molecule has 0 saturated carbocycles. The van der Waals surface area contributed by atoms with Gasteiger partial charge in [0.05, 0.1) is 12.1 Å². The first-order valence-electron chi connectivity index (χ1n) is 5.73. The minimum Gasteiger partial charge on any atom is -0.294 e. The van der Waals surface area contributed by atoms with Crippen LogP contribution in [0.3, 0.4) is 0 Å². The van der Waals surface area contributed by atoms with Crippen LogP contribution in [0.15, 0.2) is 48.5 Å². The second-order valence-corrected chi connectivity index (χ2v) is 4.52. The fraction of sp³-hybridized carbons (Fsp3) is 0.133. The third-order valence-corrected chi connectivity index (χ3v) is 3.65. The summed E-state index contributed by atoms with van der Waals surface area (Å²) in [5.74, 6) is 0. The molecule has 0 aromatic heterocycles. The van der Waals surface area contributed by atoms with Crippen molar-refractivity contribution < 1.29 is 0 Å². The Balaban J connectivity index is 1.98.